The second-order valence-electron chi connectivity index (χ2n) is 10.9. The van der Waals surface area contributed by atoms with Crippen LogP contribution in [0, 0.1) is 27.7 Å². The molecule has 0 bridgehead atoms. The van der Waals surface area contributed by atoms with Crippen LogP contribution in [0.2, 0.25) is 0 Å². The first-order valence-corrected chi connectivity index (χ1v) is 17.8. The van der Waals surface area contributed by atoms with Gasteiger partial charge in [-0.05, 0) is 0 Å². The molecule has 0 aliphatic heterocycles. The van der Waals surface area contributed by atoms with Crippen molar-refractivity contribution in [3.05, 3.63) is 87.5 Å². The van der Waals surface area contributed by atoms with Crippen molar-refractivity contribution in [2.24, 2.45) is 0 Å². The van der Waals surface area contributed by atoms with Crippen molar-refractivity contribution < 1.29 is 8.42 Å². The van der Waals surface area contributed by atoms with Crippen molar-refractivity contribution in [3.63, 3.8) is 0 Å². The Morgan fingerprint density at radius 1 is 0.639 bits per heavy atom. The van der Waals surface area contributed by atoms with E-state index in [0.717, 1.165) is 5.56 Å². The van der Waals surface area contributed by atoms with Crippen LogP contribution in [0.5, 0.6) is 0 Å². The normalized spacial score (nSPS) is 12.4. The van der Waals surface area contributed by atoms with E-state index in [4.69, 9.17) is 0 Å². The van der Waals surface area contributed by atoms with Gasteiger partial charge in [-0.1, -0.05) is 0 Å². The maximum absolute atomic E-state index is 13.9. The third kappa shape index (κ3) is 6.25. The Labute approximate surface area is 226 Å². The van der Waals surface area contributed by atoms with E-state index in [-0.39, 0.29) is 11.8 Å². The van der Waals surface area contributed by atoms with Gasteiger partial charge >= 0.3 is 228 Å². The molecule has 3 aromatic carbocycles. The summed E-state index contributed by atoms with van der Waals surface area (Å²) in [6.07, 6.45) is 0. The summed E-state index contributed by atoms with van der Waals surface area (Å²) >= 11 is -2.87. The van der Waals surface area contributed by atoms with Gasteiger partial charge in [-0.3, -0.25) is 0 Å². The van der Waals surface area contributed by atoms with Crippen LogP contribution >= 0.6 is 0 Å². The van der Waals surface area contributed by atoms with Crippen LogP contribution in [0.15, 0.2) is 53.4 Å². The van der Waals surface area contributed by atoms with Crippen LogP contribution in [-0.2, 0) is 10.0 Å². The van der Waals surface area contributed by atoms with Crippen LogP contribution in [0.1, 0.15) is 98.2 Å². The van der Waals surface area contributed by atoms with E-state index in [2.05, 4.69) is 89.6 Å². The second-order valence-corrected chi connectivity index (χ2v) is 18.1. The third-order valence-electron chi connectivity index (χ3n) is 6.62. The second kappa shape index (κ2) is 11.4. The summed E-state index contributed by atoms with van der Waals surface area (Å²) in [5.74, 6) is 0.981. The van der Waals surface area contributed by atoms with Gasteiger partial charge in [-0.15, -0.1) is 0 Å². The predicted molar refractivity (Wildman–Crippen MR) is 156 cm³/mol. The van der Waals surface area contributed by atoms with Gasteiger partial charge < -0.3 is 0 Å². The van der Waals surface area contributed by atoms with Gasteiger partial charge in [-0.2, -0.15) is 0 Å². The molecule has 194 valence electrons. The zero-order chi connectivity index (χ0) is 26.9. The number of benzene rings is 3. The van der Waals surface area contributed by atoms with E-state index in [9.17, 15) is 8.42 Å². The Morgan fingerprint density at radius 2 is 1.11 bits per heavy atom. The Morgan fingerprint density at radius 3 is 1.53 bits per heavy atom. The Hall–Kier alpha value is -1.64. The molecule has 0 amide bonds. The summed E-state index contributed by atoms with van der Waals surface area (Å²) in [6.45, 7) is 21.7. The number of nitrogens with one attached hydrogen (secondary N) is 1. The van der Waals surface area contributed by atoms with E-state index in [1.807, 2.05) is 19.1 Å². The van der Waals surface area contributed by atoms with Gasteiger partial charge in [-0.25, -0.2) is 0 Å². The van der Waals surface area contributed by atoms with Gasteiger partial charge in [0.25, 0.3) is 0 Å². The molecular formula is C31H42NO2STe+. The van der Waals surface area contributed by atoms with Crippen molar-refractivity contribution in [2.45, 2.75) is 91.9 Å². The number of hydrogen-bond donors (Lipinski definition) is 1. The first-order chi connectivity index (χ1) is 16.7. The molecule has 3 nitrogen and oxygen atoms in total. The molecule has 0 saturated carbocycles. The third-order valence-corrected chi connectivity index (χ3v) is 16.7. The molecule has 0 unspecified atom stereocenters. The van der Waals surface area contributed by atoms with Crippen LogP contribution in [0.4, 0.5) is 0 Å². The zero-order valence-electron chi connectivity index (χ0n) is 23.5. The molecule has 0 saturated heterocycles. The minimum atomic E-state index is -3.70. The Bertz CT molecular complexity index is 1290. The summed E-state index contributed by atoms with van der Waals surface area (Å²) in [5.41, 5.74) is 8.49. The monoisotopic (exact) mass is 622 g/mol. The first kappa shape index (κ1) is 28.9. The van der Waals surface area contributed by atoms with Gasteiger partial charge in [0, 0.05) is 0 Å². The summed E-state index contributed by atoms with van der Waals surface area (Å²) < 4.78 is 33.5. The van der Waals surface area contributed by atoms with E-state index in [1.165, 1.54) is 40.6 Å². The van der Waals surface area contributed by atoms with Crippen molar-refractivity contribution >= 4 is 37.1 Å². The topological polar surface area (TPSA) is 46.2 Å². The molecule has 0 fully saturated rings. The molecule has 0 atom stereocenters. The molecule has 0 aliphatic carbocycles. The van der Waals surface area contributed by atoms with E-state index < -0.39 is 29.8 Å². The number of sulfonamides is 1. The quantitative estimate of drug-likeness (QED) is 0.298. The Kier molecular flexibility index (Phi) is 9.16. The molecule has 1 N–H and O–H groups in total. The minimum absolute atomic E-state index is 0.287. The predicted octanol–water partition coefficient (Wildman–Crippen LogP) is 6.37. The molecule has 5 heteroatoms. The fourth-order valence-corrected chi connectivity index (χ4v) is 15.6. The average molecular weight is 620 g/mol. The van der Waals surface area contributed by atoms with Crippen molar-refractivity contribution in [1.82, 2.24) is 2.97 Å². The van der Waals surface area contributed by atoms with Crippen molar-refractivity contribution in [1.29, 1.82) is 0 Å². The molecule has 3 aromatic rings. The maximum atomic E-state index is 13.9. The standard InChI is InChI=1S/C31H42NO2STe/c1-19(2)26-17-28(20(3)4)31(29(18-26)21(5)6)36(30-24(9)15-23(8)16-25(30)10)32-35(33,34)27-13-11-22(7)12-14-27/h11-21,32H,1-10H3/q+1. The van der Waals surface area contributed by atoms with Crippen molar-refractivity contribution in [3.8, 4) is 0 Å². The first-order valence-electron chi connectivity index (χ1n) is 12.8. The summed E-state index contributed by atoms with van der Waals surface area (Å²) in [6, 6.07) is 16.2. The Balaban J connectivity index is 2.39. The van der Waals surface area contributed by atoms with E-state index in [1.54, 1.807) is 12.1 Å². The molecule has 3 rings (SSSR count). The molecule has 0 aliphatic rings. The molecule has 0 heterocycles. The van der Waals surface area contributed by atoms with Gasteiger partial charge in [0.2, 0.25) is 0 Å². The van der Waals surface area contributed by atoms with Crippen LogP contribution < -0.4 is 10.2 Å². The van der Waals surface area contributed by atoms with Gasteiger partial charge in [0.15, 0.2) is 0 Å². The van der Waals surface area contributed by atoms with Crippen molar-refractivity contribution in [2.75, 3.05) is 0 Å². The molecule has 36 heavy (non-hydrogen) atoms. The van der Waals surface area contributed by atoms with Crippen LogP contribution in [-0.4, -0.2) is 28.2 Å². The average Bonchev–Trinajstić information content (AvgIpc) is 2.76. The fraction of sp³-hybridized carbons (Fsp3) is 0.419. The van der Waals surface area contributed by atoms with Crippen LogP contribution in [0.3, 0.4) is 0 Å². The summed E-state index contributed by atoms with van der Waals surface area (Å²) in [7, 11) is -3.70. The molecular weight excluding hydrogens is 578 g/mol. The van der Waals surface area contributed by atoms with E-state index >= 15 is 0 Å². The van der Waals surface area contributed by atoms with Gasteiger partial charge in [0.1, 0.15) is 0 Å². The molecule has 0 radical (unpaired) electrons. The number of aryl methyl sites for hydroxylation is 4. The fourth-order valence-electron chi connectivity index (χ4n) is 4.67. The number of hydrogen-bond acceptors (Lipinski definition) is 2. The summed E-state index contributed by atoms with van der Waals surface area (Å²) in [4.78, 5) is 0.331. The molecule has 0 aromatic heterocycles. The van der Waals surface area contributed by atoms with Gasteiger partial charge in [0.05, 0.1) is 0 Å². The number of rotatable bonds is 8. The molecule has 0 spiro atoms. The van der Waals surface area contributed by atoms with Crippen LogP contribution in [0.25, 0.3) is 0 Å². The summed E-state index contributed by atoms with van der Waals surface area (Å²) in [5, 5.41) is 0. The van der Waals surface area contributed by atoms with E-state index in [0.29, 0.717) is 10.8 Å². The zero-order valence-corrected chi connectivity index (χ0v) is 26.6. The SMILES string of the molecule is Cc1ccc(S(=O)(=O)N[Te+](c2c(C)cc(C)cc2C)c2c(C(C)C)cc(C(C)C)cc2C(C)C)cc1.